The summed E-state index contributed by atoms with van der Waals surface area (Å²) in [5, 5.41) is 4.00. The highest BCUT2D eigenvalue weighted by Gasteiger charge is 2.33. The van der Waals surface area contributed by atoms with Gasteiger partial charge in [-0.2, -0.15) is 0 Å². The van der Waals surface area contributed by atoms with Gasteiger partial charge in [-0.3, -0.25) is 4.79 Å². The molecule has 0 aliphatic heterocycles. The van der Waals surface area contributed by atoms with E-state index in [1.165, 1.54) is 51.4 Å². The van der Waals surface area contributed by atoms with E-state index in [1.807, 2.05) is 12.1 Å². The molecule has 1 aromatic rings. The Morgan fingerprint density at radius 3 is 2.27 bits per heavy atom. The molecular weight excluding hydrogens is 294 g/mol. The summed E-state index contributed by atoms with van der Waals surface area (Å²) in [4.78, 5) is 12.5. The lowest BCUT2D eigenvalue weighted by molar-refractivity contribution is 0.0859. The van der Waals surface area contributed by atoms with Crippen molar-refractivity contribution < 1.29 is 4.79 Å². The van der Waals surface area contributed by atoms with Gasteiger partial charge in [-0.05, 0) is 48.9 Å². The van der Waals surface area contributed by atoms with Crippen molar-refractivity contribution in [2.24, 2.45) is 11.8 Å². The lowest BCUT2D eigenvalue weighted by Gasteiger charge is -2.39. The fraction of sp³-hybridized carbons (Fsp3) is 0.632. The van der Waals surface area contributed by atoms with Crippen LogP contribution in [0.1, 0.15) is 68.1 Å². The number of carbonyl (C=O) groups excluding carboxylic acids is 1. The minimum atomic E-state index is 0.0596. The zero-order valence-electron chi connectivity index (χ0n) is 13.2. The van der Waals surface area contributed by atoms with Gasteiger partial charge >= 0.3 is 0 Å². The third kappa shape index (κ3) is 3.84. The van der Waals surface area contributed by atoms with Gasteiger partial charge in [0.05, 0.1) is 0 Å². The molecule has 120 valence electrons. The molecule has 1 aromatic carbocycles. The quantitative estimate of drug-likeness (QED) is 0.814. The standard InChI is InChI=1S/C19H26ClNO/c20-16-12-10-15(11-13-16)19(22)21-18-9-5-4-8-17(18)14-6-2-1-3-7-14/h10-14,17-18H,1-9H2,(H,21,22)/t17-,18+/m1/s1. The Bertz CT molecular complexity index is 493. The number of benzene rings is 1. The van der Waals surface area contributed by atoms with Crippen LogP contribution in [0.4, 0.5) is 0 Å². The van der Waals surface area contributed by atoms with Gasteiger partial charge in [0.2, 0.25) is 0 Å². The number of rotatable bonds is 3. The van der Waals surface area contributed by atoms with Gasteiger partial charge < -0.3 is 5.32 Å². The molecule has 3 rings (SSSR count). The molecule has 3 heteroatoms. The molecule has 2 nitrogen and oxygen atoms in total. The second-order valence-corrected chi connectivity index (χ2v) is 7.37. The summed E-state index contributed by atoms with van der Waals surface area (Å²) in [7, 11) is 0. The second kappa shape index (κ2) is 7.50. The second-order valence-electron chi connectivity index (χ2n) is 6.93. The van der Waals surface area contributed by atoms with E-state index in [0.717, 1.165) is 17.9 Å². The molecule has 0 heterocycles. The first-order chi connectivity index (χ1) is 10.7. The lowest BCUT2D eigenvalue weighted by Crippen LogP contribution is -2.45. The van der Waals surface area contributed by atoms with Crippen molar-refractivity contribution in [1.82, 2.24) is 5.32 Å². The smallest absolute Gasteiger partial charge is 0.251 e. The minimum Gasteiger partial charge on any atom is -0.349 e. The van der Waals surface area contributed by atoms with E-state index in [0.29, 0.717) is 17.0 Å². The first-order valence-corrected chi connectivity index (χ1v) is 9.18. The summed E-state index contributed by atoms with van der Waals surface area (Å²) < 4.78 is 0. The fourth-order valence-corrected chi connectivity index (χ4v) is 4.44. The summed E-state index contributed by atoms with van der Waals surface area (Å²) in [6.45, 7) is 0. The molecule has 0 saturated heterocycles. The van der Waals surface area contributed by atoms with E-state index in [-0.39, 0.29) is 5.91 Å². The van der Waals surface area contributed by atoms with Crippen LogP contribution in [0.3, 0.4) is 0 Å². The van der Waals surface area contributed by atoms with E-state index in [1.54, 1.807) is 12.1 Å². The van der Waals surface area contributed by atoms with Crippen molar-refractivity contribution in [3.63, 3.8) is 0 Å². The molecule has 0 unspecified atom stereocenters. The lowest BCUT2D eigenvalue weighted by atomic mass is 9.71. The highest BCUT2D eigenvalue weighted by molar-refractivity contribution is 6.30. The Hall–Kier alpha value is -1.02. The third-order valence-electron chi connectivity index (χ3n) is 5.50. The number of hydrogen-bond acceptors (Lipinski definition) is 1. The molecular formula is C19H26ClNO. The van der Waals surface area contributed by atoms with Gasteiger partial charge in [0, 0.05) is 16.6 Å². The van der Waals surface area contributed by atoms with Crippen LogP contribution < -0.4 is 5.32 Å². The molecule has 2 aliphatic rings. The molecule has 0 spiro atoms. The highest BCUT2D eigenvalue weighted by Crippen LogP contribution is 2.38. The maximum Gasteiger partial charge on any atom is 0.251 e. The van der Waals surface area contributed by atoms with Crippen molar-refractivity contribution in [2.45, 2.75) is 63.8 Å². The van der Waals surface area contributed by atoms with Gasteiger partial charge in [0.1, 0.15) is 0 Å². The van der Waals surface area contributed by atoms with E-state index in [2.05, 4.69) is 5.32 Å². The number of carbonyl (C=O) groups is 1. The van der Waals surface area contributed by atoms with Crippen molar-refractivity contribution >= 4 is 17.5 Å². The maximum absolute atomic E-state index is 12.5. The van der Waals surface area contributed by atoms with E-state index < -0.39 is 0 Å². The summed E-state index contributed by atoms with van der Waals surface area (Å²) in [6, 6.07) is 7.57. The molecule has 2 fully saturated rings. The van der Waals surface area contributed by atoms with Crippen molar-refractivity contribution in [3.05, 3.63) is 34.9 Å². The average molecular weight is 320 g/mol. The zero-order valence-corrected chi connectivity index (χ0v) is 13.9. The third-order valence-corrected chi connectivity index (χ3v) is 5.75. The minimum absolute atomic E-state index is 0.0596. The Balaban J connectivity index is 1.65. The van der Waals surface area contributed by atoms with Crippen molar-refractivity contribution in [2.75, 3.05) is 0 Å². The van der Waals surface area contributed by atoms with Crippen LogP contribution >= 0.6 is 11.6 Å². The highest BCUT2D eigenvalue weighted by atomic mass is 35.5. The summed E-state index contributed by atoms with van der Waals surface area (Å²) in [6.07, 6.45) is 11.9. The first kappa shape index (κ1) is 15.9. The van der Waals surface area contributed by atoms with Crippen molar-refractivity contribution in [1.29, 1.82) is 0 Å². The van der Waals surface area contributed by atoms with Crippen LogP contribution in [-0.2, 0) is 0 Å². The van der Waals surface area contributed by atoms with Crippen molar-refractivity contribution in [3.8, 4) is 0 Å². The molecule has 2 saturated carbocycles. The maximum atomic E-state index is 12.5. The number of nitrogens with one attached hydrogen (secondary N) is 1. The SMILES string of the molecule is O=C(N[C@H]1CCCC[C@@H]1C1CCCCC1)c1ccc(Cl)cc1. The first-order valence-electron chi connectivity index (χ1n) is 8.80. The van der Waals surface area contributed by atoms with Crippen LogP contribution in [0.5, 0.6) is 0 Å². The topological polar surface area (TPSA) is 29.1 Å². The molecule has 22 heavy (non-hydrogen) atoms. The van der Waals surface area contributed by atoms with E-state index in [9.17, 15) is 4.79 Å². The van der Waals surface area contributed by atoms with Gasteiger partial charge in [-0.15, -0.1) is 0 Å². The molecule has 1 amide bonds. The van der Waals surface area contributed by atoms with Gasteiger partial charge in [-0.1, -0.05) is 56.5 Å². The molecule has 0 aromatic heterocycles. The zero-order chi connectivity index (χ0) is 15.4. The molecule has 0 bridgehead atoms. The molecule has 2 aliphatic carbocycles. The number of hydrogen-bond donors (Lipinski definition) is 1. The van der Waals surface area contributed by atoms with Crippen LogP contribution in [-0.4, -0.2) is 11.9 Å². The summed E-state index contributed by atoms with van der Waals surface area (Å²) >= 11 is 5.90. The van der Waals surface area contributed by atoms with Gasteiger partial charge in [0.25, 0.3) is 5.91 Å². The van der Waals surface area contributed by atoms with Crippen LogP contribution in [0.15, 0.2) is 24.3 Å². The monoisotopic (exact) mass is 319 g/mol. The predicted molar refractivity (Wildman–Crippen MR) is 91.2 cm³/mol. The Morgan fingerprint density at radius 2 is 1.55 bits per heavy atom. The summed E-state index contributed by atoms with van der Waals surface area (Å²) in [5.41, 5.74) is 0.720. The van der Waals surface area contributed by atoms with E-state index >= 15 is 0 Å². The average Bonchev–Trinajstić information content (AvgIpc) is 2.57. The van der Waals surface area contributed by atoms with Crippen LogP contribution in [0, 0.1) is 11.8 Å². The number of halogens is 1. The molecule has 0 radical (unpaired) electrons. The fourth-order valence-electron chi connectivity index (χ4n) is 4.32. The largest absolute Gasteiger partial charge is 0.349 e. The normalized spacial score (nSPS) is 26.6. The Kier molecular flexibility index (Phi) is 5.41. The predicted octanol–water partition coefficient (Wildman–Crippen LogP) is 5.21. The Labute approximate surface area is 138 Å². The van der Waals surface area contributed by atoms with Gasteiger partial charge in [0.15, 0.2) is 0 Å². The van der Waals surface area contributed by atoms with Crippen LogP contribution in [0.25, 0.3) is 0 Å². The Morgan fingerprint density at radius 1 is 0.909 bits per heavy atom. The molecule has 2 atom stereocenters. The molecule has 1 N–H and O–H groups in total. The van der Waals surface area contributed by atoms with E-state index in [4.69, 9.17) is 11.6 Å². The van der Waals surface area contributed by atoms with Crippen LogP contribution in [0.2, 0.25) is 5.02 Å². The summed E-state index contributed by atoms with van der Waals surface area (Å²) in [5.74, 6) is 1.57. The van der Waals surface area contributed by atoms with Gasteiger partial charge in [-0.25, -0.2) is 0 Å². The number of amides is 1.